The van der Waals surface area contributed by atoms with Crippen LogP contribution in [-0.4, -0.2) is 35.4 Å². The molecule has 1 aliphatic carbocycles. The van der Waals surface area contributed by atoms with Crippen molar-refractivity contribution in [2.75, 3.05) is 18.9 Å². The van der Waals surface area contributed by atoms with Gasteiger partial charge in [0.15, 0.2) is 0 Å². The molecule has 1 N–H and O–H groups in total. The van der Waals surface area contributed by atoms with E-state index in [9.17, 15) is 8.78 Å². The minimum atomic E-state index is -2.97. The number of hydrogen-bond acceptors (Lipinski definition) is 4. The largest absolute Gasteiger partial charge is 0.360 e. The zero-order chi connectivity index (χ0) is 31.5. The summed E-state index contributed by atoms with van der Waals surface area (Å²) < 4.78 is 27.2. The predicted molar refractivity (Wildman–Crippen MR) is 179 cm³/mol. The summed E-state index contributed by atoms with van der Waals surface area (Å²) >= 11 is 0. The van der Waals surface area contributed by atoms with E-state index in [1.807, 2.05) is 64.4 Å². The Kier molecular flexibility index (Phi) is 17.3. The number of anilines is 1. The molecule has 3 rings (SSSR count). The van der Waals surface area contributed by atoms with Gasteiger partial charge < -0.3 is 10.2 Å². The van der Waals surface area contributed by atoms with E-state index in [0.717, 1.165) is 43.6 Å². The molecule has 4 nitrogen and oxygen atoms in total. The highest BCUT2D eigenvalue weighted by Gasteiger charge is 2.26. The number of alkyl halides is 2. The van der Waals surface area contributed by atoms with Crippen molar-refractivity contribution in [1.82, 2.24) is 9.88 Å². The number of hydrogen-bond donors (Lipinski definition) is 1. The van der Waals surface area contributed by atoms with Gasteiger partial charge in [-0.1, -0.05) is 115 Å². The zero-order valence-electron chi connectivity index (χ0n) is 27.3. The molecule has 0 spiro atoms. The number of nitrogens with one attached hydrogen (secondary N) is 1. The van der Waals surface area contributed by atoms with Crippen LogP contribution in [0.1, 0.15) is 92.7 Å². The third kappa shape index (κ3) is 14.1. The summed E-state index contributed by atoms with van der Waals surface area (Å²) in [7, 11) is 2.03. The Bertz CT molecular complexity index is 1130. The van der Waals surface area contributed by atoms with Crippen LogP contribution >= 0.6 is 0 Å². The average Bonchev–Trinajstić information content (AvgIpc) is 3.06. The van der Waals surface area contributed by atoms with E-state index >= 15 is 0 Å². The molecule has 2 aliphatic rings. The summed E-state index contributed by atoms with van der Waals surface area (Å²) in [5.41, 5.74) is 3.16. The summed E-state index contributed by atoms with van der Waals surface area (Å²) in [6.45, 7) is 18.3. The van der Waals surface area contributed by atoms with Gasteiger partial charge >= 0.3 is 0 Å². The van der Waals surface area contributed by atoms with Crippen molar-refractivity contribution in [3.8, 4) is 0 Å². The van der Waals surface area contributed by atoms with Crippen LogP contribution in [0.4, 0.5) is 14.6 Å². The molecule has 1 aliphatic heterocycles. The average molecular weight is 581 g/mol. The van der Waals surface area contributed by atoms with Crippen LogP contribution in [0.15, 0.2) is 95.2 Å². The number of pyridine rings is 1. The van der Waals surface area contributed by atoms with Crippen LogP contribution in [0, 0.1) is 5.92 Å². The minimum absolute atomic E-state index is 0.140. The smallest absolute Gasteiger partial charge is 0.287 e. The maximum atomic E-state index is 13.6. The molecule has 0 amide bonds. The van der Waals surface area contributed by atoms with Crippen molar-refractivity contribution in [3.63, 3.8) is 0 Å². The Hall–Kier alpha value is -3.28. The molecule has 0 radical (unpaired) electrons. The minimum Gasteiger partial charge on any atom is -0.360 e. The SMILES string of the molecule is C=C(C)/C=C\C1=NC=C(/C2=C/C=CC(Nc3cccc(C(C)(F)F)n3)/C=C\CC2)CN1C.CC.CCCC(C)CCC. The maximum absolute atomic E-state index is 13.6. The number of aliphatic imine (C=N–C) groups is 1. The number of amidine groups is 1. The molecule has 0 fully saturated rings. The lowest BCUT2D eigenvalue weighted by Gasteiger charge is -2.25. The molecule has 1 aromatic rings. The molecule has 1 atom stereocenters. The van der Waals surface area contributed by atoms with Gasteiger partial charge in [-0.15, -0.1) is 0 Å². The summed E-state index contributed by atoms with van der Waals surface area (Å²) in [6.07, 6.45) is 23.4. The topological polar surface area (TPSA) is 40.5 Å². The highest BCUT2D eigenvalue weighted by atomic mass is 19.3. The van der Waals surface area contributed by atoms with E-state index in [4.69, 9.17) is 0 Å². The first kappa shape index (κ1) is 36.7. The van der Waals surface area contributed by atoms with E-state index < -0.39 is 5.92 Å². The third-order valence-corrected chi connectivity index (χ3v) is 6.70. The monoisotopic (exact) mass is 580 g/mol. The van der Waals surface area contributed by atoms with Gasteiger partial charge in [-0.2, -0.15) is 8.78 Å². The van der Waals surface area contributed by atoms with E-state index in [0.29, 0.717) is 5.82 Å². The first-order chi connectivity index (χ1) is 20.0. The van der Waals surface area contributed by atoms with Gasteiger partial charge in [0, 0.05) is 26.7 Å². The lowest BCUT2D eigenvalue weighted by atomic mass is 10.00. The fourth-order valence-corrected chi connectivity index (χ4v) is 4.54. The molecule has 0 aromatic carbocycles. The lowest BCUT2D eigenvalue weighted by molar-refractivity contribution is 0.0129. The molecular weight excluding hydrogens is 526 g/mol. The summed E-state index contributed by atoms with van der Waals surface area (Å²) in [4.78, 5) is 10.8. The fourth-order valence-electron chi connectivity index (χ4n) is 4.54. The first-order valence-electron chi connectivity index (χ1n) is 15.5. The second kappa shape index (κ2) is 19.8. The van der Waals surface area contributed by atoms with Gasteiger partial charge in [0.05, 0.1) is 6.04 Å². The molecule has 2 heterocycles. The van der Waals surface area contributed by atoms with E-state index in [1.54, 1.807) is 12.1 Å². The Morgan fingerprint density at radius 1 is 1.17 bits per heavy atom. The zero-order valence-corrected chi connectivity index (χ0v) is 27.3. The second-order valence-corrected chi connectivity index (χ2v) is 10.9. The van der Waals surface area contributed by atoms with Gasteiger partial charge in [0.2, 0.25) is 0 Å². The van der Waals surface area contributed by atoms with Gasteiger partial charge in [-0.25, -0.2) is 9.98 Å². The highest BCUT2D eigenvalue weighted by molar-refractivity contribution is 5.94. The van der Waals surface area contributed by atoms with Crippen LogP contribution in [0.5, 0.6) is 0 Å². The number of allylic oxidation sites excluding steroid dienone is 5. The number of likely N-dealkylation sites (N-methyl/N-ethyl adjacent to an activating group) is 1. The van der Waals surface area contributed by atoms with Crippen LogP contribution in [0.2, 0.25) is 0 Å². The standard InChI is InChI=1S/C26H30F2N4.C8H18.C2H6/c1-19(2)15-16-25-29-17-21(18-32(25)4)20-9-5-6-11-22(12-7-10-20)30-24-14-8-13-23(31-24)26(3,27)28;1-4-6-8(3)7-5-2;1-2/h6-8,10-17,22H,1,5,9,18H2,2-4H3,(H,30,31);8H,4-7H2,1-3H3;1-2H3/b11-6-,12-7?,16-15-,20-10+;;. The van der Waals surface area contributed by atoms with Crippen molar-refractivity contribution in [1.29, 1.82) is 0 Å². The van der Waals surface area contributed by atoms with E-state index in [2.05, 4.69) is 59.7 Å². The van der Waals surface area contributed by atoms with Crippen LogP contribution < -0.4 is 5.32 Å². The van der Waals surface area contributed by atoms with E-state index in [-0.39, 0.29) is 11.7 Å². The van der Waals surface area contributed by atoms with Gasteiger partial charge in [0.25, 0.3) is 5.92 Å². The third-order valence-electron chi connectivity index (χ3n) is 6.70. The van der Waals surface area contributed by atoms with Gasteiger partial charge in [-0.3, -0.25) is 0 Å². The quantitative estimate of drug-likeness (QED) is 0.221. The summed E-state index contributed by atoms with van der Waals surface area (Å²) in [5.74, 6) is -0.672. The number of nitrogens with zero attached hydrogens (tertiary/aromatic N) is 3. The maximum Gasteiger partial charge on any atom is 0.287 e. The van der Waals surface area contributed by atoms with Crippen molar-refractivity contribution in [3.05, 3.63) is 95.9 Å². The fraction of sp³-hybridized carbons (Fsp3) is 0.500. The van der Waals surface area contributed by atoms with Crippen molar-refractivity contribution in [2.24, 2.45) is 10.9 Å². The molecule has 0 saturated heterocycles. The predicted octanol–water partition coefficient (Wildman–Crippen LogP) is 10.4. The molecule has 42 heavy (non-hydrogen) atoms. The molecule has 0 bridgehead atoms. The Labute approximate surface area is 254 Å². The molecule has 0 saturated carbocycles. The van der Waals surface area contributed by atoms with Crippen molar-refractivity contribution < 1.29 is 8.78 Å². The number of halogens is 2. The summed E-state index contributed by atoms with van der Waals surface area (Å²) in [6, 6.07) is 4.49. The number of rotatable bonds is 10. The Morgan fingerprint density at radius 2 is 1.86 bits per heavy atom. The van der Waals surface area contributed by atoms with Gasteiger partial charge in [0.1, 0.15) is 17.3 Å². The summed E-state index contributed by atoms with van der Waals surface area (Å²) in [5, 5.41) is 3.21. The number of aromatic nitrogens is 1. The molecule has 1 aromatic heterocycles. The van der Waals surface area contributed by atoms with Crippen LogP contribution in [0.3, 0.4) is 0 Å². The lowest BCUT2D eigenvalue weighted by Crippen LogP contribution is -2.30. The second-order valence-electron chi connectivity index (χ2n) is 10.9. The Balaban J connectivity index is 0.000000762. The highest BCUT2D eigenvalue weighted by Crippen LogP contribution is 2.26. The van der Waals surface area contributed by atoms with Crippen LogP contribution in [-0.2, 0) is 5.92 Å². The molecule has 6 heteroatoms. The Morgan fingerprint density at radius 3 is 2.45 bits per heavy atom. The van der Waals surface area contributed by atoms with Gasteiger partial charge in [-0.05, 0) is 55.0 Å². The van der Waals surface area contributed by atoms with E-state index in [1.165, 1.54) is 42.9 Å². The first-order valence-corrected chi connectivity index (χ1v) is 15.5. The van der Waals surface area contributed by atoms with Crippen molar-refractivity contribution >= 4 is 11.7 Å². The van der Waals surface area contributed by atoms with Crippen LogP contribution in [0.25, 0.3) is 0 Å². The molecular formula is C36H54F2N4. The molecule has 232 valence electrons. The normalized spacial score (nSPS) is 19.1. The molecule has 1 unspecified atom stereocenters. The van der Waals surface area contributed by atoms with Crippen molar-refractivity contribution in [2.45, 2.75) is 99.0 Å².